The maximum absolute atomic E-state index is 1.62. The molecule has 0 heterocycles. The van der Waals surface area contributed by atoms with Crippen LogP contribution in [0, 0.1) is 23.7 Å². The van der Waals surface area contributed by atoms with E-state index >= 15 is 0 Å². The summed E-state index contributed by atoms with van der Waals surface area (Å²) < 4.78 is 0. The van der Waals surface area contributed by atoms with Crippen molar-refractivity contribution < 1.29 is 0 Å². The summed E-state index contributed by atoms with van der Waals surface area (Å²) in [6.45, 7) is 0. The molecule has 0 aliphatic heterocycles. The van der Waals surface area contributed by atoms with Crippen molar-refractivity contribution in [3.05, 3.63) is 0 Å². The Morgan fingerprint density at radius 1 is 0.353 bits per heavy atom. The summed E-state index contributed by atoms with van der Waals surface area (Å²) in [6.07, 6.45) is 20.3. The molecule has 0 N–H and O–H groups in total. The maximum Gasteiger partial charge on any atom is -0.0383 e. The van der Waals surface area contributed by atoms with Gasteiger partial charge < -0.3 is 0 Å². The van der Waals surface area contributed by atoms with Crippen molar-refractivity contribution in [1.29, 1.82) is 0 Å². The van der Waals surface area contributed by atoms with Crippen LogP contribution in [-0.2, 0) is 0 Å². The molecule has 0 nitrogen and oxygen atoms in total. The van der Waals surface area contributed by atoms with Crippen LogP contribution in [0.2, 0.25) is 0 Å². The first-order valence-corrected chi connectivity index (χ1v) is 8.43. The van der Waals surface area contributed by atoms with E-state index in [0.29, 0.717) is 0 Å². The van der Waals surface area contributed by atoms with Gasteiger partial charge in [0.15, 0.2) is 0 Å². The maximum atomic E-state index is 1.62. The number of hydrogen-bond donors (Lipinski definition) is 0. The average Bonchev–Trinajstić information content (AvgIpc) is 2.40. The molecular formula is C17H30. The molecule has 3 saturated carbocycles. The van der Waals surface area contributed by atoms with Gasteiger partial charge in [0.05, 0.1) is 0 Å². The van der Waals surface area contributed by atoms with E-state index in [2.05, 4.69) is 0 Å². The molecule has 0 aromatic heterocycles. The minimum absolute atomic E-state index is 1.13. The number of rotatable bonds is 0. The molecule has 0 radical (unpaired) electrons. The van der Waals surface area contributed by atoms with E-state index in [1.165, 1.54) is 19.3 Å². The fourth-order valence-electron chi connectivity index (χ4n) is 5.12. The largest absolute Gasteiger partial charge is 0.0533 e. The van der Waals surface area contributed by atoms with Crippen LogP contribution in [0.1, 0.15) is 83.5 Å². The SMILES string of the molecule is C1CCC[C@H]2CC(CC1)C1CCCCCC2C1. The Balaban J connectivity index is 1.73. The zero-order valence-corrected chi connectivity index (χ0v) is 11.5. The fraction of sp³-hybridized carbons (Fsp3) is 1.00. The lowest BCUT2D eigenvalue weighted by Crippen LogP contribution is -2.32. The van der Waals surface area contributed by atoms with Gasteiger partial charge in [0, 0.05) is 0 Å². The van der Waals surface area contributed by atoms with Crippen molar-refractivity contribution in [2.75, 3.05) is 0 Å². The van der Waals surface area contributed by atoms with E-state index in [9.17, 15) is 0 Å². The molecule has 3 fully saturated rings. The summed E-state index contributed by atoms with van der Waals surface area (Å²) in [5.41, 5.74) is 0. The Morgan fingerprint density at radius 2 is 0.647 bits per heavy atom. The van der Waals surface area contributed by atoms with Crippen molar-refractivity contribution >= 4 is 0 Å². The molecule has 0 aromatic carbocycles. The Morgan fingerprint density at radius 3 is 1.00 bits per heavy atom. The summed E-state index contributed by atoms with van der Waals surface area (Å²) in [4.78, 5) is 0. The Bertz CT molecular complexity index is 210. The molecule has 4 atom stereocenters. The summed E-state index contributed by atoms with van der Waals surface area (Å²) in [5.74, 6) is 4.53. The Kier molecular flexibility index (Phi) is 4.08. The second kappa shape index (κ2) is 5.76. The van der Waals surface area contributed by atoms with Crippen LogP contribution in [0.25, 0.3) is 0 Å². The molecular weight excluding hydrogens is 204 g/mol. The number of fused-ring (bicyclic) bond motifs is 6. The highest BCUT2D eigenvalue weighted by Crippen LogP contribution is 2.48. The summed E-state index contributed by atoms with van der Waals surface area (Å²) in [7, 11) is 0. The predicted octanol–water partition coefficient (Wildman–Crippen LogP) is 5.56. The molecule has 3 rings (SSSR count). The zero-order valence-electron chi connectivity index (χ0n) is 11.5. The second-order valence-electron chi connectivity index (χ2n) is 7.14. The molecule has 98 valence electrons. The fourth-order valence-corrected chi connectivity index (χ4v) is 5.12. The zero-order chi connectivity index (χ0) is 11.5. The van der Waals surface area contributed by atoms with E-state index in [-0.39, 0.29) is 0 Å². The van der Waals surface area contributed by atoms with Gasteiger partial charge in [-0.15, -0.1) is 0 Å². The molecule has 3 aliphatic carbocycles. The lowest BCUT2D eigenvalue weighted by molar-refractivity contribution is 0.0775. The lowest BCUT2D eigenvalue weighted by Gasteiger charge is -2.43. The Labute approximate surface area is 108 Å². The van der Waals surface area contributed by atoms with E-state index in [1.54, 1.807) is 64.2 Å². The highest BCUT2D eigenvalue weighted by molar-refractivity contribution is 4.87. The molecule has 0 aromatic rings. The summed E-state index contributed by atoms with van der Waals surface area (Å²) >= 11 is 0. The first-order valence-electron chi connectivity index (χ1n) is 8.43. The first-order chi connectivity index (χ1) is 8.43. The van der Waals surface area contributed by atoms with Crippen molar-refractivity contribution in [3.63, 3.8) is 0 Å². The third kappa shape index (κ3) is 2.88. The smallest absolute Gasteiger partial charge is 0.0383 e. The van der Waals surface area contributed by atoms with Gasteiger partial charge in [0.1, 0.15) is 0 Å². The molecule has 0 spiro atoms. The lowest BCUT2D eigenvalue weighted by atomic mass is 9.63. The Hall–Kier alpha value is 0. The third-order valence-corrected chi connectivity index (χ3v) is 6.09. The van der Waals surface area contributed by atoms with Gasteiger partial charge in [0.25, 0.3) is 0 Å². The molecule has 4 bridgehead atoms. The second-order valence-corrected chi connectivity index (χ2v) is 7.14. The van der Waals surface area contributed by atoms with Crippen LogP contribution < -0.4 is 0 Å². The van der Waals surface area contributed by atoms with Gasteiger partial charge in [-0.25, -0.2) is 0 Å². The normalized spacial score (nSPS) is 43.8. The van der Waals surface area contributed by atoms with Gasteiger partial charge in [-0.1, -0.05) is 70.6 Å². The highest BCUT2D eigenvalue weighted by atomic mass is 14.4. The topological polar surface area (TPSA) is 0 Å². The van der Waals surface area contributed by atoms with E-state index in [0.717, 1.165) is 23.7 Å². The van der Waals surface area contributed by atoms with E-state index in [1.807, 2.05) is 0 Å². The molecule has 3 unspecified atom stereocenters. The van der Waals surface area contributed by atoms with Crippen molar-refractivity contribution in [2.24, 2.45) is 23.7 Å². The van der Waals surface area contributed by atoms with Crippen LogP contribution in [0.3, 0.4) is 0 Å². The van der Waals surface area contributed by atoms with Gasteiger partial charge in [-0.2, -0.15) is 0 Å². The third-order valence-electron chi connectivity index (χ3n) is 6.09. The summed E-state index contributed by atoms with van der Waals surface area (Å²) in [6, 6.07) is 0. The minimum atomic E-state index is 1.13. The molecule has 0 amide bonds. The van der Waals surface area contributed by atoms with Crippen LogP contribution >= 0.6 is 0 Å². The van der Waals surface area contributed by atoms with Crippen LogP contribution in [0.4, 0.5) is 0 Å². The van der Waals surface area contributed by atoms with Gasteiger partial charge in [0.2, 0.25) is 0 Å². The van der Waals surface area contributed by atoms with Crippen molar-refractivity contribution in [1.82, 2.24) is 0 Å². The molecule has 0 heteroatoms. The van der Waals surface area contributed by atoms with E-state index < -0.39 is 0 Å². The average molecular weight is 234 g/mol. The molecule has 0 saturated heterocycles. The quantitative estimate of drug-likeness (QED) is 0.514. The van der Waals surface area contributed by atoms with Crippen LogP contribution in [-0.4, -0.2) is 0 Å². The summed E-state index contributed by atoms with van der Waals surface area (Å²) in [5, 5.41) is 0. The van der Waals surface area contributed by atoms with E-state index in [4.69, 9.17) is 0 Å². The van der Waals surface area contributed by atoms with Crippen LogP contribution in [0.15, 0.2) is 0 Å². The van der Waals surface area contributed by atoms with Crippen LogP contribution in [0.5, 0.6) is 0 Å². The molecule has 17 heavy (non-hydrogen) atoms. The van der Waals surface area contributed by atoms with Crippen molar-refractivity contribution in [2.45, 2.75) is 83.5 Å². The molecule has 3 aliphatic rings. The van der Waals surface area contributed by atoms with Gasteiger partial charge >= 0.3 is 0 Å². The monoisotopic (exact) mass is 234 g/mol. The predicted molar refractivity (Wildman–Crippen MR) is 74.0 cm³/mol. The standard InChI is InChI=1S/C17H30/c1-2-5-9-15-12-14(8-4-1)16-10-6-3-7-11-17(15)13-16/h14-17H,1-13H2/t14-,15?,16?,17?/m0/s1. The number of hydrogen-bond acceptors (Lipinski definition) is 0. The minimum Gasteiger partial charge on any atom is -0.0533 e. The van der Waals surface area contributed by atoms with Crippen molar-refractivity contribution in [3.8, 4) is 0 Å². The first kappa shape index (κ1) is 12.1. The van der Waals surface area contributed by atoms with Gasteiger partial charge in [-0.05, 0) is 36.5 Å². The van der Waals surface area contributed by atoms with Gasteiger partial charge in [-0.3, -0.25) is 0 Å². The highest BCUT2D eigenvalue weighted by Gasteiger charge is 2.36.